The number of hydrogen-bond donors (Lipinski definition) is 1. The lowest BCUT2D eigenvalue weighted by molar-refractivity contribution is -0.0932. The molecule has 0 aromatic carbocycles. The molecular weight excluding hydrogens is 208 g/mol. The summed E-state index contributed by atoms with van der Waals surface area (Å²) in [5, 5.41) is 10.8. The van der Waals surface area contributed by atoms with Gasteiger partial charge in [-0.2, -0.15) is 0 Å². The first-order chi connectivity index (χ1) is 7.87. The molecule has 0 aliphatic heterocycles. The van der Waals surface area contributed by atoms with E-state index >= 15 is 0 Å². The Kier molecular flexibility index (Phi) is 8.11. The maximum absolute atomic E-state index is 10.8. The lowest BCUT2D eigenvalue weighted by Crippen LogP contribution is -2.46. The molecule has 0 saturated heterocycles. The van der Waals surface area contributed by atoms with Crippen LogP contribution in [0.2, 0.25) is 0 Å². The van der Waals surface area contributed by atoms with Crippen molar-refractivity contribution in [3.05, 3.63) is 0 Å². The van der Waals surface area contributed by atoms with E-state index in [-0.39, 0.29) is 0 Å². The summed E-state index contributed by atoms with van der Waals surface area (Å²) in [5.74, 6) is 1.09. The van der Waals surface area contributed by atoms with Gasteiger partial charge in [0.25, 0.3) is 0 Å². The van der Waals surface area contributed by atoms with E-state index < -0.39 is 5.60 Å². The van der Waals surface area contributed by atoms with Crippen LogP contribution in [0.25, 0.3) is 0 Å². The van der Waals surface area contributed by atoms with Gasteiger partial charge in [-0.3, -0.25) is 0 Å². The highest BCUT2D eigenvalue weighted by Gasteiger charge is 2.39. The number of unbranched alkanes of at least 4 members (excludes halogenated alkanes) is 4. The highest BCUT2D eigenvalue weighted by atomic mass is 16.3. The molecule has 0 radical (unpaired) electrons. The highest BCUT2D eigenvalue weighted by molar-refractivity contribution is 4.89. The standard InChI is InChI=1S/C16H34O/c1-7-8-9-10-11-12-15(6)16(17,13(2)3)14(4)5/h13-15,17H,7-12H2,1-6H3. The fourth-order valence-electron chi connectivity index (χ4n) is 3.09. The average molecular weight is 242 g/mol. The average Bonchev–Trinajstić information content (AvgIpc) is 2.26. The summed E-state index contributed by atoms with van der Waals surface area (Å²) in [6.07, 6.45) is 7.76. The topological polar surface area (TPSA) is 20.2 Å². The Morgan fingerprint density at radius 3 is 1.71 bits per heavy atom. The second-order valence-corrected chi connectivity index (χ2v) is 6.30. The Hall–Kier alpha value is -0.0400. The molecule has 0 aliphatic carbocycles. The van der Waals surface area contributed by atoms with Gasteiger partial charge in [-0.25, -0.2) is 0 Å². The molecule has 0 saturated carbocycles. The lowest BCUT2D eigenvalue weighted by Gasteiger charge is -2.41. The van der Waals surface area contributed by atoms with Gasteiger partial charge >= 0.3 is 0 Å². The van der Waals surface area contributed by atoms with Crippen LogP contribution in [0.5, 0.6) is 0 Å². The monoisotopic (exact) mass is 242 g/mol. The largest absolute Gasteiger partial charge is 0.389 e. The minimum absolute atomic E-state index is 0.341. The van der Waals surface area contributed by atoms with Crippen LogP contribution in [0.4, 0.5) is 0 Å². The van der Waals surface area contributed by atoms with E-state index in [2.05, 4.69) is 41.5 Å². The molecule has 1 N–H and O–H groups in total. The Morgan fingerprint density at radius 1 is 0.824 bits per heavy atom. The van der Waals surface area contributed by atoms with Gasteiger partial charge < -0.3 is 5.11 Å². The van der Waals surface area contributed by atoms with Crippen molar-refractivity contribution in [2.24, 2.45) is 17.8 Å². The van der Waals surface area contributed by atoms with Gasteiger partial charge in [-0.05, 0) is 24.2 Å². The zero-order chi connectivity index (χ0) is 13.5. The summed E-state index contributed by atoms with van der Waals surface area (Å²) >= 11 is 0. The van der Waals surface area contributed by atoms with Crippen LogP contribution in [-0.2, 0) is 0 Å². The zero-order valence-corrected chi connectivity index (χ0v) is 12.9. The van der Waals surface area contributed by atoms with Crippen molar-refractivity contribution >= 4 is 0 Å². The lowest BCUT2D eigenvalue weighted by atomic mass is 9.70. The molecule has 1 atom stereocenters. The van der Waals surface area contributed by atoms with Gasteiger partial charge in [0.05, 0.1) is 5.60 Å². The van der Waals surface area contributed by atoms with E-state index in [1.54, 1.807) is 0 Å². The second-order valence-electron chi connectivity index (χ2n) is 6.30. The molecule has 1 heteroatoms. The van der Waals surface area contributed by atoms with Gasteiger partial charge in [-0.1, -0.05) is 73.6 Å². The molecule has 0 aromatic rings. The van der Waals surface area contributed by atoms with Gasteiger partial charge in [0.1, 0.15) is 0 Å². The Bertz CT molecular complexity index is 176. The summed E-state index contributed by atoms with van der Waals surface area (Å²) in [4.78, 5) is 0. The summed E-state index contributed by atoms with van der Waals surface area (Å²) in [5.41, 5.74) is -0.495. The second kappa shape index (κ2) is 8.13. The highest BCUT2D eigenvalue weighted by Crippen LogP contribution is 2.36. The first kappa shape index (κ1) is 17.0. The van der Waals surface area contributed by atoms with Crippen LogP contribution >= 0.6 is 0 Å². The van der Waals surface area contributed by atoms with Crippen molar-refractivity contribution in [3.8, 4) is 0 Å². The van der Waals surface area contributed by atoms with Gasteiger partial charge in [0, 0.05) is 0 Å². The zero-order valence-electron chi connectivity index (χ0n) is 12.9. The molecule has 0 fully saturated rings. The molecule has 0 amide bonds. The molecule has 0 bridgehead atoms. The van der Waals surface area contributed by atoms with E-state index in [0.717, 1.165) is 6.42 Å². The fraction of sp³-hybridized carbons (Fsp3) is 1.00. The molecule has 0 heterocycles. The van der Waals surface area contributed by atoms with Crippen molar-refractivity contribution in [2.75, 3.05) is 0 Å². The maximum atomic E-state index is 10.8. The molecule has 0 spiro atoms. The van der Waals surface area contributed by atoms with Crippen LogP contribution in [0, 0.1) is 17.8 Å². The SMILES string of the molecule is CCCCCCCC(C)C(O)(C(C)C)C(C)C. The molecule has 1 nitrogen and oxygen atoms in total. The van der Waals surface area contributed by atoms with Gasteiger partial charge in [0.2, 0.25) is 0 Å². The van der Waals surface area contributed by atoms with E-state index in [0.29, 0.717) is 17.8 Å². The summed E-state index contributed by atoms with van der Waals surface area (Å²) in [6.45, 7) is 13.1. The van der Waals surface area contributed by atoms with Gasteiger partial charge in [-0.15, -0.1) is 0 Å². The minimum Gasteiger partial charge on any atom is -0.389 e. The number of aliphatic hydroxyl groups is 1. The maximum Gasteiger partial charge on any atom is 0.0718 e. The molecule has 0 aliphatic rings. The molecule has 17 heavy (non-hydrogen) atoms. The summed E-state index contributed by atoms with van der Waals surface area (Å²) in [7, 11) is 0. The van der Waals surface area contributed by atoms with E-state index in [1.165, 1.54) is 32.1 Å². The molecule has 104 valence electrons. The fourth-order valence-corrected chi connectivity index (χ4v) is 3.09. The quantitative estimate of drug-likeness (QED) is 0.562. The Labute approximate surface area is 109 Å². The number of rotatable bonds is 9. The minimum atomic E-state index is -0.495. The smallest absolute Gasteiger partial charge is 0.0718 e. The van der Waals surface area contributed by atoms with E-state index in [4.69, 9.17) is 0 Å². The Balaban J connectivity index is 4.12. The predicted octanol–water partition coefficient (Wildman–Crippen LogP) is 5.03. The first-order valence-electron chi connectivity index (χ1n) is 7.59. The molecular formula is C16H34O. The summed E-state index contributed by atoms with van der Waals surface area (Å²) < 4.78 is 0. The molecule has 1 unspecified atom stereocenters. The van der Waals surface area contributed by atoms with Crippen LogP contribution < -0.4 is 0 Å². The van der Waals surface area contributed by atoms with Crippen molar-refractivity contribution in [3.63, 3.8) is 0 Å². The molecule has 0 rings (SSSR count). The van der Waals surface area contributed by atoms with Crippen LogP contribution in [0.3, 0.4) is 0 Å². The Morgan fingerprint density at radius 2 is 1.29 bits per heavy atom. The summed E-state index contributed by atoms with van der Waals surface area (Å²) in [6, 6.07) is 0. The van der Waals surface area contributed by atoms with Crippen LogP contribution in [0.1, 0.15) is 80.1 Å². The van der Waals surface area contributed by atoms with Crippen molar-refractivity contribution in [1.29, 1.82) is 0 Å². The van der Waals surface area contributed by atoms with Gasteiger partial charge in [0.15, 0.2) is 0 Å². The third kappa shape index (κ3) is 4.99. The third-order valence-corrected chi connectivity index (χ3v) is 4.38. The van der Waals surface area contributed by atoms with Crippen molar-refractivity contribution in [1.82, 2.24) is 0 Å². The van der Waals surface area contributed by atoms with Crippen molar-refractivity contribution < 1.29 is 5.11 Å². The molecule has 0 aromatic heterocycles. The predicted molar refractivity (Wildman–Crippen MR) is 77.2 cm³/mol. The third-order valence-electron chi connectivity index (χ3n) is 4.38. The normalized spacial score (nSPS) is 14.6. The first-order valence-corrected chi connectivity index (χ1v) is 7.59. The van der Waals surface area contributed by atoms with E-state index in [9.17, 15) is 5.11 Å². The van der Waals surface area contributed by atoms with Crippen LogP contribution in [-0.4, -0.2) is 10.7 Å². The van der Waals surface area contributed by atoms with Crippen molar-refractivity contribution in [2.45, 2.75) is 85.7 Å². The van der Waals surface area contributed by atoms with Crippen LogP contribution in [0.15, 0.2) is 0 Å². The van der Waals surface area contributed by atoms with E-state index in [1.807, 2.05) is 0 Å². The number of hydrogen-bond acceptors (Lipinski definition) is 1.